The van der Waals surface area contributed by atoms with Crippen LogP contribution in [0.3, 0.4) is 0 Å². The van der Waals surface area contributed by atoms with Gasteiger partial charge in [0.2, 0.25) is 0 Å². The average molecular weight is 532 g/mol. The van der Waals surface area contributed by atoms with E-state index in [0.29, 0.717) is 0 Å². The fourth-order valence-corrected chi connectivity index (χ4v) is 5.97. The van der Waals surface area contributed by atoms with Gasteiger partial charge in [-0.1, -0.05) is 162 Å². The van der Waals surface area contributed by atoms with E-state index < -0.39 is 0 Å². The summed E-state index contributed by atoms with van der Waals surface area (Å²) >= 11 is 0. The van der Waals surface area contributed by atoms with Crippen LogP contribution in [0.2, 0.25) is 0 Å². The van der Waals surface area contributed by atoms with Gasteiger partial charge in [0.25, 0.3) is 5.82 Å². The van der Waals surface area contributed by atoms with Crippen LogP contribution in [0.4, 0.5) is 0 Å². The maximum absolute atomic E-state index is 2.60. The van der Waals surface area contributed by atoms with E-state index >= 15 is 0 Å². The monoisotopic (exact) mass is 532 g/mol. The molecule has 2 nitrogen and oxygen atoms in total. The van der Waals surface area contributed by atoms with Crippen molar-refractivity contribution in [3.05, 3.63) is 18.2 Å². The van der Waals surface area contributed by atoms with Gasteiger partial charge in [0.05, 0.1) is 13.1 Å². The van der Waals surface area contributed by atoms with Gasteiger partial charge >= 0.3 is 0 Å². The normalized spacial score (nSPS) is 11.6. The summed E-state index contributed by atoms with van der Waals surface area (Å²) in [5.74, 6) is 1.60. The molecule has 0 saturated carbocycles. The molecule has 38 heavy (non-hydrogen) atoms. The Morgan fingerprint density at radius 2 is 0.816 bits per heavy atom. The molecule has 0 unspecified atom stereocenters. The predicted molar refractivity (Wildman–Crippen MR) is 170 cm³/mol. The molecule has 0 amide bonds. The van der Waals surface area contributed by atoms with Crippen molar-refractivity contribution in [2.45, 2.75) is 214 Å². The number of aryl methyl sites for hydroxylation is 2. The highest BCUT2D eigenvalue weighted by molar-refractivity contribution is 4.84. The summed E-state index contributed by atoms with van der Waals surface area (Å²) in [4.78, 5) is 0. The van der Waals surface area contributed by atoms with Crippen LogP contribution in [-0.2, 0) is 19.5 Å². The Labute approximate surface area is 240 Å². The third-order valence-corrected chi connectivity index (χ3v) is 8.60. The summed E-state index contributed by atoms with van der Waals surface area (Å²) in [6.45, 7) is 9.39. The maximum Gasteiger partial charge on any atom is 0.256 e. The quantitative estimate of drug-likeness (QED) is 0.0689. The lowest BCUT2D eigenvalue weighted by Gasteiger charge is -2.07. The van der Waals surface area contributed by atoms with Gasteiger partial charge in [0.15, 0.2) is 0 Å². The lowest BCUT2D eigenvalue weighted by Crippen LogP contribution is -2.37. The Hall–Kier alpha value is -0.790. The Balaban J connectivity index is 2.16. The molecule has 0 radical (unpaired) electrons. The van der Waals surface area contributed by atoms with Crippen molar-refractivity contribution in [1.82, 2.24) is 4.57 Å². The summed E-state index contributed by atoms with van der Waals surface area (Å²) in [5.41, 5.74) is 0. The van der Waals surface area contributed by atoms with Crippen LogP contribution in [0.1, 0.15) is 200 Å². The zero-order chi connectivity index (χ0) is 27.4. The molecule has 0 aromatic carbocycles. The molecule has 1 aromatic heterocycles. The first-order valence-electron chi connectivity index (χ1n) is 17.9. The minimum Gasteiger partial charge on any atom is -0.234 e. The first-order valence-corrected chi connectivity index (χ1v) is 17.9. The molecule has 0 spiro atoms. The number of nitrogens with zero attached hydrogens (tertiary/aromatic N) is 2. The van der Waals surface area contributed by atoms with E-state index in [4.69, 9.17) is 0 Å². The number of unbranched alkanes of at least 4 members (excludes halogenated alkanes) is 24. The molecule has 1 heterocycles. The van der Waals surface area contributed by atoms with Crippen LogP contribution in [0.25, 0.3) is 0 Å². The number of imidazole rings is 1. The predicted octanol–water partition coefficient (Wildman–Crippen LogP) is 11.9. The molecule has 0 aliphatic carbocycles. The highest BCUT2D eigenvalue weighted by Crippen LogP contribution is 2.14. The van der Waals surface area contributed by atoms with Crippen LogP contribution in [0, 0.1) is 0 Å². The van der Waals surface area contributed by atoms with Gasteiger partial charge in [0.1, 0.15) is 12.4 Å². The van der Waals surface area contributed by atoms with Gasteiger partial charge in [-0.15, -0.1) is 0 Å². The van der Waals surface area contributed by atoms with E-state index in [1.165, 1.54) is 193 Å². The minimum atomic E-state index is 1.23. The van der Waals surface area contributed by atoms with Gasteiger partial charge in [-0.05, 0) is 32.1 Å². The smallest absolute Gasteiger partial charge is 0.234 e. The molecular formula is C36H71N2+. The zero-order valence-electron chi connectivity index (χ0n) is 26.8. The van der Waals surface area contributed by atoms with Crippen molar-refractivity contribution in [2.75, 3.05) is 0 Å². The second kappa shape index (κ2) is 27.8. The summed E-state index contributed by atoms with van der Waals surface area (Å²) in [5, 5.41) is 0. The van der Waals surface area contributed by atoms with Crippen molar-refractivity contribution < 1.29 is 4.57 Å². The SMILES string of the molecule is CCCCCCCCCCCCCCn1cc[n+](CCCCCCCCCCCCCC)c1CCCCC. The van der Waals surface area contributed by atoms with Gasteiger partial charge < -0.3 is 0 Å². The first-order chi connectivity index (χ1) is 18.8. The molecule has 0 bridgehead atoms. The lowest BCUT2D eigenvalue weighted by atomic mass is 10.1. The number of hydrogen-bond donors (Lipinski definition) is 0. The Morgan fingerprint density at radius 1 is 0.447 bits per heavy atom. The Kier molecular flexibility index (Phi) is 25.7. The van der Waals surface area contributed by atoms with E-state index in [-0.39, 0.29) is 0 Å². The number of aromatic nitrogens is 2. The highest BCUT2D eigenvalue weighted by atomic mass is 15.1. The fourth-order valence-electron chi connectivity index (χ4n) is 5.97. The summed E-state index contributed by atoms with van der Waals surface area (Å²) in [6.07, 6.45) is 44.5. The van der Waals surface area contributed by atoms with Gasteiger partial charge in [-0.3, -0.25) is 0 Å². The summed E-state index contributed by atoms with van der Waals surface area (Å²) in [7, 11) is 0. The van der Waals surface area contributed by atoms with Crippen molar-refractivity contribution in [1.29, 1.82) is 0 Å². The van der Waals surface area contributed by atoms with Crippen molar-refractivity contribution in [3.8, 4) is 0 Å². The third kappa shape index (κ3) is 20.2. The van der Waals surface area contributed by atoms with Crippen LogP contribution >= 0.6 is 0 Å². The van der Waals surface area contributed by atoms with E-state index in [0.717, 1.165) is 0 Å². The lowest BCUT2D eigenvalue weighted by molar-refractivity contribution is -0.704. The zero-order valence-corrected chi connectivity index (χ0v) is 26.8. The van der Waals surface area contributed by atoms with E-state index in [1.807, 2.05) is 0 Å². The molecule has 0 aliphatic heterocycles. The Bertz CT molecular complexity index is 545. The molecule has 0 atom stereocenters. The van der Waals surface area contributed by atoms with E-state index in [1.54, 1.807) is 5.82 Å². The third-order valence-electron chi connectivity index (χ3n) is 8.60. The molecule has 0 saturated heterocycles. The minimum absolute atomic E-state index is 1.23. The van der Waals surface area contributed by atoms with Crippen LogP contribution in [0.15, 0.2) is 12.4 Å². The molecule has 1 rings (SSSR count). The van der Waals surface area contributed by atoms with Gasteiger partial charge in [0, 0.05) is 6.42 Å². The molecule has 0 aliphatic rings. The largest absolute Gasteiger partial charge is 0.256 e. The molecular weight excluding hydrogens is 460 g/mol. The molecule has 0 N–H and O–H groups in total. The van der Waals surface area contributed by atoms with E-state index in [9.17, 15) is 0 Å². The topological polar surface area (TPSA) is 8.81 Å². The second-order valence-corrected chi connectivity index (χ2v) is 12.3. The maximum atomic E-state index is 2.60. The van der Waals surface area contributed by atoms with Gasteiger partial charge in [-0.25, -0.2) is 9.13 Å². The average Bonchev–Trinajstić information content (AvgIpc) is 3.31. The summed E-state index contributed by atoms with van der Waals surface area (Å²) < 4.78 is 5.21. The Morgan fingerprint density at radius 3 is 1.26 bits per heavy atom. The van der Waals surface area contributed by atoms with Crippen molar-refractivity contribution in [3.63, 3.8) is 0 Å². The standard InChI is InChI=1S/C36H71N2/c1-4-7-10-12-14-16-18-20-22-24-26-29-32-37-34-35-38(36(37)31-28-9-6-3)33-30-27-25-23-21-19-17-15-13-11-8-5-2/h34-35H,4-33H2,1-3H3/q+1. The molecule has 224 valence electrons. The fraction of sp³-hybridized carbons (Fsp3) is 0.917. The molecule has 0 fully saturated rings. The van der Waals surface area contributed by atoms with Crippen molar-refractivity contribution in [2.24, 2.45) is 0 Å². The highest BCUT2D eigenvalue weighted by Gasteiger charge is 2.16. The second-order valence-electron chi connectivity index (χ2n) is 12.3. The van der Waals surface area contributed by atoms with Crippen LogP contribution in [-0.4, -0.2) is 4.57 Å². The van der Waals surface area contributed by atoms with Crippen LogP contribution in [0.5, 0.6) is 0 Å². The number of hydrogen-bond acceptors (Lipinski definition) is 0. The first kappa shape index (κ1) is 35.2. The molecule has 1 aromatic rings. The van der Waals surface area contributed by atoms with E-state index in [2.05, 4.69) is 42.3 Å². The molecule has 2 heteroatoms. The van der Waals surface area contributed by atoms with Gasteiger partial charge in [-0.2, -0.15) is 0 Å². The number of rotatable bonds is 30. The summed E-state index contributed by atoms with van der Waals surface area (Å²) in [6, 6.07) is 0. The van der Waals surface area contributed by atoms with Crippen LogP contribution < -0.4 is 4.57 Å². The van der Waals surface area contributed by atoms with Crippen molar-refractivity contribution >= 4 is 0 Å².